The second-order valence-corrected chi connectivity index (χ2v) is 8.69. The molecule has 5 rings (SSSR count). The van der Waals surface area contributed by atoms with E-state index in [1.165, 1.54) is 41.7 Å². The van der Waals surface area contributed by atoms with Crippen molar-refractivity contribution in [3.63, 3.8) is 0 Å². The summed E-state index contributed by atoms with van der Waals surface area (Å²) in [6, 6.07) is 8.82. The van der Waals surface area contributed by atoms with E-state index in [9.17, 15) is 13.6 Å². The Labute approximate surface area is 190 Å². The average Bonchev–Trinajstić information content (AvgIpc) is 3.51. The van der Waals surface area contributed by atoms with Gasteiger partial charge in [0.25, 0.3) is 5.91 Å². The summed E-state index contributed by atoms with van der Waals surface area (Å²) in [5.41, 5.74) is 1.24. The first kappa shape index (κ1) is 20.9. The van der Waals surface area contributed by atoms with Crippen molar-refractivity contribution in [3.8, 4) is 5.69 Å². The van der Waals surface area contributed by atoms with Gasteiger partial charge in [0.15, 0.2) is 0 Å². The van der Waals surface area contributed by atoms with Crippen molar-refractivity contribution in [2.24, 2.45) is 0 Å². The lowest BCUT2D eigenvalue weighted by atomic mass is 10.2. The van der Waals surface area contributed by atoms with Crippen LogP contribution in [0.3, 0.4) is 0 Å². The Morgan fingerprint density at radius 1 is 1.25 bits per heavy atom. The third-order valence-electron chi connectivity index (χ3n) is 5.20. The lowest BCUT2D eigenvalue weighted by Gasteiger charge is -2.11. The minimum Gasteiger partial charge on any atom is -0.379 e. The highest BCUT2D eigenvalue weighted by Crippen LogP contribution is 2.32. The van der Waals surface area contributed by atoms with Gasteiger partial charge in [0.2, 0.25) is 0 Å². The van der Waals surface area contributed by atoms with E-state index in [0.717, 1.165) is 6.42 Å². The molecule has 2 N–H and O–H groups in total. The number of thiophene rings is 1. The van der Waals surface area contributed by atoms with Crippen molar-refractivity contribution in [3.05, 3.63) is 69.5 Å². The Morgan fingerprint density at radius 2 is 2.12 bits per heavy atom. The van der Waals surface area contributed by atoms with Gasteiger partial charge in [0.05, 0.1) is 51.3 Å². The Kier molecular flexibility index (Phi) is 5.54. The van der Waals surface area contributed by atoms with Crippen LogP contribution in [0.5, 0.6) is 0 Å². The highest BCUT2D eigenvalue weighted by Gasteiger charge is 2.20. The molecule has 32 heavy (non-hydrogen) atoms. The fourth-order valence-electron chi connectivity index (χ4n) is 3.56. The van der Waals surface area contributed by atoms with Gasteiger partial charge in [-0.3, -0.25) is 4.79 Å². The molecule has 1 aliphatic heterocycles. The van der Waals surface area contributed by atoms with Gasteiger partial charge in [-0.1, -0.05) is 17.7 Å². The van der Waals surface area contributed by atoms with Crippen LogP contribution in [-0.4, -0.2) is 34.9 Å². The third kappa shape index (κ3) is 3.94. The number of fused-ring (bicyclic) bond motifs is 1. The van der Waals surface area contributed by atoms with Crippen LogP contribution in [0, 0.1) is 11.6 Å². The zero-order valence-electron chi connectivity index (χ0n) is 16.6. The van der Waals surface area contributed by atoms with E-state index < -0.39 is 11.6 Å². The summed E-state index contributed by atoms with van der Waals surface area (Å²) in [7, 11) is 0. The summed E-state index contributed by atoms with van der Waals surface area (Å²) in [4.78, 5) is 13.0. The summed E-state index contributed by atoms with van der Waals surface area (Å²) in [6.45, 7) is 1.16. The molecule has 1 aliphatic rings. The maximum Gasteiger partial charge on any atom is 0.261 e. The lowest BCUT2D eigenvalue weighted by Crippen LogP contribution is -2.34. The molecule has 0 spiro atoms. The molecule has 164 valence electrons. The molecule has 1 amide bonds. The van der Waals surface area contributed by atoms with E-state index in [1.54, 1.807) is 22.3 Å². The minimum absolute atomic E-state index is 0.000889. The number of carbonyl (C=O) groups excluding carboxylic acids is 1. The van der Waals surface area contributed by atoms with Crippen molar-refractivity contribution >= 4 is 51.1 Å². The number of rotatable bonds is 5. The molecule has 0 saturated carbocycles. The highest BCUT2D eigenvalue weighted by molar-refractivity contribution is 7.12. The van der Waals surface area contributed by atoms with Crippen LogP contribution in [-0.2, 0) is 4.74 Å². The van der Waals surface area contributed by atoms with Gasteiger partial charge in [-0.05, 0) is 30.7 Å². The topological polar surface area (TPSA) is 68.2 Å². The fraction of sp³-hybridized carbons (Fsp3) is 0.182. The number of ether oxygens (including phenoxy) is 1. The van der Waals surface area contributed by atoms with Gasteiger partial charge < -0.3 is 15.4 Å². The summed E-state index contributed by atoms with van der Waals surface area (Å²) < 4.78 is 35.8. The molecule has 0 unspecified atom stereocenters. The number of anilines is 2. The van der Waals surface area contributed by atoms with Gasteiger partial charge >= 0.3 is 0 Å². The van der Waals surface area contributed by atoms with Crippen molar-refractivity contribution in [2.45, 2.75) is 12.5 Å². The monoisotopic (exact) mass is 474 g/mol. The number of nitrogens with zero attached hydrogens (tertiary/aromatic N) is 2. The summed E-state index contributed by atoms with van der Waals surface area (Å²) in [6.07, 6.45) is 2.37. The van der Waals surface area contributed by atoms with Crippen LogP contribution in [0.2, 0.25) is 5.02 Å². The molecule has 1 atom stereocenters. The van der Waals surface area contributed by atoms with E-state index in [-0.39, 0.29) is 28.3 Å². The SMILES string of the molecule is O=C(N[C@@H]1CCOC1)c1cc(-n2ncc3cc(Nc4c(F)cccc4Cl)c(F)cc32)cs1. The first-order valence-corrected chi connectivity index (χ1v) is 11.1. The van der Waals surface area contributed by atoms with Crippen molar-refractivity contribution < 1.29 is 18.3 Å². The van der Waals surface area contributed by atoms with Crippen LogP contribution in [0.1, 0.15) is 16.1 Å². The molecular weight excluding hydrogens is 458 g/mol. The van der Waals surface area contributed by atoms with Crippen molar-refractivity contribution in [1.82, 2.24) is 15.1 Å². The van der Waals surface area contributed by atoms with Gasteiger partial charge in [-0.25, -0.2) is 13.5 Å². The minimum atomic E-state index is -0.590. The van der Waals surface area contributed by atoms with E-state index >= 15 is 0 Å². The second-order valence-electron chi connectivity index (χ2n) is 7.37. The molecule has 3 heterocycles. The number of hydrogen-bond donors (Lipinski definition) is 2. The molecule has 10 heteroatoms. The Morgan fingerprint density at radius 3 is 2.91 bits per heavy atom. The van der Waals surface area contributed by atoms with Crippen molar-refractivity contribution in [2.75, 3.05) is 18.5 Å². The quantitative estimate of drug-likeness (QED) is 0.413. The van der Waals surface area contributed by atoms with Gasteiger partial charge in [0, 0.05) is 23.4 Å². The first-order valence-electron chi connectivity index (χ1n) is 9.85. The largest absolute Gasteiger partial charge is 0.379 e. The van der Waals surface area contributed by atoms with Crippen LogP contribution in [0.15, 0.2) is 48.0 Å². The van der Waals surface area contributed by atoms with Crippen LogP contribution in [0.25, 0.3) is 16.6 Å². The first-order chi connectivity index (χ1) is 15.5. The molecule has 2 aromatic carbocycles. The Bertz CT molecular complexity index is 1300. The summed E-state index contributed by atoms with van der Waals surface area (Å²) in [5.74, 6) is -1.35. The second kappa shape index (κ2) is 8.50. The molecule has 1 fully saturated rings. The van der Waals surface area contributed by atoms with Crippen LogP contribution in [0.4, 0.5) is 20.2 Å². The number of nitrogens with one attached hydrogen (secondary N) is 2. The van der Waals surface area contributed by atoms with Gasteiger partial charge in [-0.2, -0.15) is 5.10 Å². The Hall–Kier alpha value is -3.01. The predicted molar refractivity (Wildman–Crippen MR) is 120 cm³/mol. The summed E-state index contributed by atoms with van der Waals surface area (Å²) >= 11 is 7.32. The smallest absolute Gasteiger partial charge is 0.261 e. The molecule has 0 aliphatic carbocycles. The fourth-order valence-corrected chi connectivity index (χ4v) is 4.54. The number of carbonyl (C=O) groups is 1. The van der Waals surface area contributed by atoms with E-state index in [1.807, 2.05) is 0 Å². The van der Waals surface area contributed by atoms with E-state index in [4.69, 9.17) is 16.3 Å². The standard InChI is InChI=1S/C22H17ClF2N4O2S/c23-15-2-1-3-16(24)21(15)28-18-6-12-9-26-29(19(12)8-17(18)25)14-7-20(32-11-14)22(30)27-13-4-5-31-10-13/h1-3,6-9,11,13,28H,4-5,10H2,(H,27,30)/t13-/m1/s1. The van der Waals surface area contributed by atoms with Crippen LogP contribution >= 0.6 is 22.9 Å². The number of benzene rings is 2. The lowest BCUT2D eigenvalue weighted by molar-refractivity contribution is 0.0934. The molecule has 1 saturated heterocycles. The molecule has 4 aromatic rings. The van der Waals surface area contributed by atoms with Crippen LogP contribution < -0.4 is 10.6 Å². The zero-order valence-corrected chi connectivity index (χ0v) is 18.1. The van der Waals surface area contributed by atoms with Gasteiger partial charge in [0.1, 0.15) is 11.6 Å². The number of para-hydroxylation sites is 1. The summed E-state index contributed by atoms with van der Waals surface area (Å²) in [5, 5.41) is 12.6. The van der Waals surface area contributed by atoms with Gasteiger partial charge in [-0.15, -0.1) is 11.3 Å². The number of hydrogen-bond acceptors (Lipinski definition) is 5. The average molecular weight is 475 g/mol. The third-order valence-corrected chi connectivity index (χ3v) is 6.43. The highest BCUT2D eigenvalue weighted by atomic mass is 35.5. The molecule has 0 radical (unpaired) electrons. The maximum absolute atomic E-state index is 14.9. The predicted octanol–water partition coefficient (Wildman–Crippen LogP) is 5.28. The number of amides is 1. The molecular formula is C22H17ClF2N4O2S. The Balaban J connectivity index is 1.42. The zero-order chi connectivity index (χ0) is 22.2. The number of aromatic nitrogens is 2. The molecule has 0 bridgehead atoms. The molecule has 2 aromatic heterocycles. The van der Waals surface area contributed by atoms with Crippen molar-refractivity contribution in [1.29, 1.82) is 0 Å². The van der Waals surface area contributed by atoms with E-state index in [2.05, 4.69) is 15.7 Å². The maximum atomic E-state index is 14.9. The van der Waals surface area contributed by atoms with E-state index in [0.29, 0.717) is 34.7 Å². The number of halogens is 3. The normalized spacial score (nSPS) is 15.9. The molecule has 6 nitrogen and oxygen atoms in total.